The number of aliphatic hydroxyl groups excluding tert-OH is 6. The van der Waals surface area contributed by atoms with E-state index in [-0.39, 0.29) is 6.61 Å². The van der Waals surface area contributed by atoms with Gasteiger partial charge >= 0.3 is 0 Å². The van der Waals surface area contributed by atoms with Crippen LogP contribution in [0.2, 0.25) is 0 Å². The van der Waals surface area contributed by atoms with Crippen molar-refractivity contribution in [2.75, 3.05) is 13.2 Å². The molecule has 1 heterocycles. The van der Waals surface area contributed by atoms with Crippen molar-refractivity contribution in [3.63, 3.8) is 0 Å². The first-order chi connectivity index (χ1) is 33.3. The zero-order valence-electron chi connectivity index (χ0n) is 44.0. The summed E-state index contributed by atoms with van der Waals surface area (Å²) in [5.41, 5.74) is 0. The lowest BCUT2D eigenvalue weighted by atomic mass is 9.99. The SMILES string of the molecule is CCCCCCCC/C=C/CC/C=C/C(O)C(COC1OC(CO)C(O)C(O)C1O)NC(=O)C(O)CCCCCCCCCCCCCCCCC/C=C\CCCCCCCCCCCCCC. The van der Waals surface area contributed by atoms with Gasteiger partial charge in [0.05, 0.1) is 25.4 Å². The molecule has 1 rings (SSSR count). The second kappa shape index (κ2) is 47.7. The molecule has 0 bridgehead atoms. The van der Waals surface area contributed by atoms with Crippen molar-refractivity contribution in [1.29, 1.82) is 0 Å². The zero-order chi connectivity index (χ0) is 49.6. The van der Waals surface area contributed by atoms with Gasteiger partial charge in [0, 0.05) is 0 Å². The Hall–Kier alpha value is -1.63. The Balaban J connectivity index is 2.16. The molecule has 10 heteroatoms. The Kier molecular flexibility index (Phi) is 45.1. The van der Waals surface area contributed by atoms with Crippen LogP contribution in [-0.4, -0.2) is 98.7 Å². The number of amides is 1. The molecule has 0 aromatic heterocycles. The Morgan fingerprint density at radius 1 is 0.500 bits per heavy atom. The minimum atomic E-state index is -1.61. The summed E-state index contributed by atoms with van der Waals surface area (Å²) >= 11 is 0. The van der Waals surface area contributed by atoms with Crippen molar-refractivity contribution in [2.24, 2.45) is 0 Å². The van der Waals surface area contributed by atoms with Crippen LogP contribution < -0.4 is 5.32 Å². The maximum absolute atomic E-state index is 13.1. The molecule has 1 aliphatic rings. The highest BCUT2D eigenvalue weighted by Gasteiger charge is 2.44. The van der Waals surface area contributed by atoms with Crippen LogP contribution >= 0.6 is 0 Å². The molecular weight excluding hydrogens is 855 g/mol. The molecule has 1 fully saturated rings. The minimum Gasteiger partial charge on any atom is -0.394 e. The molecule has 1 aliphatic heterocycles. The highest BCUT2D eigenvalue weighted by Crippen LogP contribution is 2.23. The Bertz CT molecular complexity index is 1180. The summed E-state index contributed by atoms with van der Waals surface area (Å²) in [6.07, 6.45) is 51.3. The zero-order valence-corrected chi connectivity index (χ0v) is 44.0. The van der Waals surface area contributed by atoms with Crippen LogP contribution in [0.5, 0.6) is 0 Å². The van der Waals surface area contributed by atoms with Crippen molar-refractivity contribution in [1.82, 2.24) is 5.32 Å². The average molecular weight is 965 g/mol. The van der Waals surface area contributed by atoms with Crippen LogP contribution in [0.1, 0.15) is 264 Å². The van der Waals surface area contributed by atoms with E-state index < -0.39 is 61.5 Å². The fourth-order valence-electron chi connectivity index (χ4n) is 9.12. The maximum atomic E-state index is 13.1. The fraction of sp³-hybridized carbons (Fsp3) is 0.879. The van der Waals surface area contributed by atoms with Crippen LogP contribution in [0, 0.1) is 0 Å². The van der Waals surface area contributed by atoms with Gasteiger partial charge in [0.15, 0.2) is 6.29 Å². The molecule has 0 aliphatic carbocycles. The molecule has 1 amide bonds. The standard InChI is InChI=1S/C58H109NO9/c1-3-5-7-9-11-13-15-17-18-19-20-21-22-23-24-25-26-27-28-29-30-31-32-33-34-35-37-39-41-43-45-47-52(62)57(66)59-50(49-67-58-56(65)55(64)54(63)53(48-60)68-58)51(61)46-44-42-40-38-36-16-14-12-10-8-6-4-2/h23-24,36,38,44,46,50-56,58,60-65H,3-22,25-35,37,39-43,45,47-49H2,1-2H3,(H,59,66)/b24-23-,38-36+,46-44+. The van der Waals surface area contributed by atoms with Gasteiger partial charge in [0.1, 0.15) is 30.5 Å². The maximum Gasteiger partial charge on any atom is 0.249 e. The van der Waals surface area contributed by atoms with Gasteiger partial charge in [-0.25, -0.2) is 0 Å². The lowest BCUT2D eigenvalue weighted by Crippen LogP contribution is -2.60. The molecular formula is C58H109NO9. The minimum absolute atomic E-state index is 0.305. The smallest absolute Gasteiger partial charge is 0.249 e. The van der Waals surface area contributed by atoms with E-state index in [9.17, 15) is 35.4 Å². The van der Waals surface area contributed by atoms with Crippen molar-refractivity contribution >= 4 is 5.91 Å². The molecule has 0 saturated carbocycles. The van der Waals surface area contributed by atoms with Crippen LogP contribution in [0.15, 0.2) is 36.5 Å². The number of hydrogen-bond donors (Lipinski definition) is 7. The van der Waals surface area contributed by atoms with Gasteiger partial charge in [-0.15, -0.1) is 0 Å². The molecule has 7 N–H and O–H groups in total. The number of carbonyl (C=O) groups excluding carboxylic acids is 1. The Morgan fingerprint density at radius 2 is 0.868 bits per heavy atom. The monoisotopic (exact) mass is 964 g/mol. The number of aliphatic hydroxyl groups is 6. The number of rotatable bonds is 49. The van der Waals surface area contributed by atoms with Crippen LogP contribution in [0.4, 0.5) is 0 Å². The van der Waals surface area contributed by atoms with Crippen LogP contribution in [-0.2, 0) is 14.3 Å². The predicted octanol–water partition coefficient (Wildman–Crippen LogP) is 12.9. The van der Waals surface area contributed by atoms with Crippen molar-refractivity contribution in [3.8, 4) is 0 Å². The highest BCUT2D eigenvalue weighted by molar-refractivity contribution is 5.80. The van der Waals surface area contributed by atoms with Gasteiger partial charge in [0.25, 0.3) is 0 Å². The first-order valence-corrected chi connectivity index (χ1v) is 28.8. The molecule has 0 radical (unpaired) electrons. The number of hydrogen-bond acceptors (Lipinski definition) is 9. The third-order valence-electron chi connectivity index (χ3n) is 13.8. The molecule has 400 valence electrons. The summed E-state index contributed by atoms with van der Waals surface area (Å²) in [6.45, 7) is 3.59. The van der Waals surface area contributed by atoms with Gasteiger partial charge < -0.3 is 45.4 Å². The van der Waals surface area contributed by atoms with Crippen LogP contribution in [0.25, 0.3) is 0 Å². The second-order valence-electron chi connectivity index (χ2n) is 20.2. The number of allylic oxidation sites excluding steroid dienone is 5. The van der Waals surface area contributed by atoms with Gasteiger partial charge in [-0.05, 0) is 57.8 Å². The predicted molar refractivity (Wildman–Crippen MR) is 282 cm³/mol. The third-order valence-corrected chi connectivity index (χ3v) is 13.8. The van der Waals surface area contributed by atoms with Crippen LogP contribution in [0.3, 0.4) is 0 Å². The number of carbonyl (C=O) groups is 1. The first kappa shape index (κ1) is 64.4. The molecule has 8 unspecified atom stereocenters. The first-order valence-electron chi connectivity index (χ1n) is 28.8. The van der Waals surface area contributed by atoms with E-state index in [0.29, 0.717) is 19.3 Å². The van der Waals surface area contributed by atoms with Gasteiger partial charge in [-0.3, -0.25) is 4.79 Å². The van der Waals surface area contributed by atoms with Crippen molar-refractivity contribution in [3.05, 3.63) is 36.5 Å². The third kappa shape index (κ3) is 36.3. The Morgan fingerprint density at radius 3 is 1.28 bits per heavy atom. The highest BCUT2D eigenvalue weighted by atomic mass is 16.7. The number of nitrogens with one attached hydrogen (secondary N) is 1. The van der Waals surface area contributed by atoms with E-state index >= 15 is 0 Å². The van der Waals surface area contributed by atoms with E-state index in [1.165, 1.54) is 199 Å². The molecule has 1 saturated heterocycles. The molecule has 8 atom stereocenters. The summed E-state index contributed by atoms with van der Waals surface area (Å²) in [5.74, 6) is -0.625. The van der Waals surface area contributed by atoms with E-state index in [1.54, 1.807) is 6.08 Å². The van der Waals surface area contributed by atoms with E-state index in [4.69, 9.17) is 9.47 Å². The summed E-state index contributed by atoms with van der Waals surface area (Å²) in [5, 5.41) is 64.8. The van der Waals surface area contributed by atoms with Crippen molar-refractivity contribution < 1.29 is 44.9 Å². The number of ether oxygens (including phenoxy) is 2. The average Bonchev–Trinajstić information content (AvgIpc) is 3.34. The van der Waals surface area contributed by atoms with Crippen molar-refractivity contribution in [2.45, 2.75) is 313 Å². The summed E-state index contributed by atoms with van der Waals surface area (Å²) < 4.78 is 11.1. The van der Waals surface area contributed by atoms with Gasteiger partial charge in [0.2, 0.25) is 5.91 Å². The van der Waals surface area contributed by atoms with E-state index in [2.05, 4.69) is 43.5 Å². The second-order valence-corrected chi connectivity index (χ2v) is 20.2. The van der Waals surface area contributed by atoms with Gasteiger partial charge in [-0.2, -0.15) is 0 Å². The largest absolute Gasteiger partial charge is 0.394 e. The fourth-order valence-corrected chi connectivity index (χ4v) is 9.12. The summed E-state index contributed by atoms with van der Waals surface area (Å²) in [6, 6.07) is -0.995. The quantitative estimate of drug-likeness (QED) is 0.0232. The molecule has 0 aromatic carbocycles. The topological polar surface area (TPSA) is 169 Å². The number of unbranched alkanes of at least 4 members (excludes halogenated alkanes) is 34. The lowest BCUT2D eigenvalue weighted by Gasteiger charge is -2.40. The molecule has 0 spiro atoms. The van der Waals surface area contributed by atoms with Gasteiger partial charge in [-0.1, -0.05) is 243 Å². The molecule has 68 heavy (non-hydrogen) atoms. The molecule has 10 nitrogen and oxygen atoms in total. The summed E-state index contributed by atoms with van der Waals surface area (Å²) in [4.78, 5) is 13.1. The summed E-state index contributed by atoms with van der Waals surface area (Å²) in [7, 11) is 0. The molecule has 0 aromatic rings. The Labute approximate surface area is 417 Å². The van der Waals surface area contributed by atoms with E-state index in [1.807, 2.05) is 6.08 Å². The normalized spacial score (nSPS) is 20.3. The van der Waals surface area contributed by atoms with E-state index in [0.717, 1.165) is 32.1 Å². The lowest BCUT2D eigenvalue weighted by molar-refractivity contribution is -0.302.